The summed E-state index contributed by atoms with van der Waals surface area (Å²) in [5.74, 6) is 1.07. The van der Waals surface area contributed by atoms with Gasteiger partial charge in [0.25, 0.3) is 0 Å². The molecule has 5 heteroatoms. The van der Waals surface area contributed by atoms with E-state index in [4.69, 9.17) is 4.99 Å². The van der Waals surface area contributed by atoms with Gasteiger partial charge in [-0.3, -0.25) is 9.67 Å². The molecule has 5 nitrogen and oxygen atoms in total. The van der Waals surface area contributed by atoms with Crippen molar-refractivity contribution < 1.29 is 0 Å². The Morgan fingerprint density at radius 1 is 1.44 bits per heavy atom. The van der Waals surface area contributed by atoms with Gasteiger partial charge in [0.2, 0.25) is 0 Å². The zero-order valence-electron chi connectivity index (χ0n) is 11.4. The average molecular weight is 249 g/mol. The summed E-state index contributed by atoms with van der Waals surface area (Å²) in [6.45, 7) is 6.15. The molecule has 1 saturated heterocycles. The predicted octanol–water partition coefficient (Wildman–Crippen LogP) is 1.02. The molecule has 1 N–H and O–H groups in total. The Kier molecular flexibility index (Phi) is 4.61. The van der Waals surface area contributed by atoms with Crippen LogP contribution in [0.3, 0.4) is 0 Å². The molecule has 1 fully saturated rings. The zero-order chi connectivity index (χ0) is 12.8. The van der Waals surface area contributed by atoms with Gasteiger partial charge in [-0.15, -0.1) is 0 Å². The topological polar surface area (TPSA) is 45.5 Å². The van der Waals surface area contributed by atoms with Crippen LogP contribution in [0.15, 0.2) is 17.4 Å². The number of hydrogen-bond acceptors (Lipinski definition) is 2. The number of guanidine groups is 1. The van der Waals surface area contributed by atoms with E-state index in [9.17, 15) is 0 Å². The number of nitrogens with one attached hydrogen (secondary N) is 1. The van der Waals surface area contributed by atoms with Crippen molar-refractivity contribution in [3.63, 3.8) is 0 Å². The van der Waals surface area contributed by atoms with E-state index in [1.54, 1.807) is 0 Å². The maximum Gasteiger partial charge on any atom is 0.193 e. The number of aromatic nitrogens is 2. The highest BCUT2D eigenvalue weighted by molar-refractivity contribution is 5.80. The van der Waals surface area contributed by atoms with Crippen LogP contribution >= 0.6 is 0 Å². The Hall–Kier alpha value is -1.52. The highest BCUT2D eigenvalue weighted by Gasteiger charge is 2.15. The normalized spacial score (nSPS) is 16.3. The van der Waals surface area contributed by atoms with Crippen molar-refractivity contribution in [1.82, 2.24) is 20.0 Å². The minimum atomic E-state index is 0.824. The molecule has 1 aliphatic rings. The minimum Gasteiger partial charge on any atom is -0.357 e. The molecule has 100 valence electrons. The molecule has 0 aromatic carbocycles. The lowest BCUT2D eigenvalue weighted by Gasteiger charge is -2.20. The highest BCUT2D eigenvalue weighted by Crippen LogP contribution is 2.07. The molecule has 0 spiro atoms. The highest BCUT2D eigenvalue weighted by atomic mass is 15.3. The van der Waals surface area contributed by atoms with Crippen molar-refractivity contribution in [2.75, 3.05) is 26.2 Å². The number of aryl methyl sites for hydroxylation is 1. The zero-order valence-corrected chi connectivity index (χ0v) is 11.4. The third-order valence-electron chi connectivity index (χ3n) is 3.16. The van der Waals surface area contributed by atoms with Crippen molar-refractivity contribution >= 4 is 5.96 Å². The van der Waals surface area contributed by atoms with Crippen molar-refractivity contribution in [3.8, 4) is 0 Å². The van der Waals surface area contributed by atoms with Gasteiger partial charge in [0.05, 0.1) is 6.20 Å². The Morgan fingerprint density at radius 3 is 2.83 bits per heavy atom. The number of likely N-dealkylation sites (tertiary alicyclic amines) is 1. The van der Waals surface area contributed by atoms with E-state index in [1.165, 1.54) is 18.4 Å². The van der Waals surface area contributed by atoms with Gasteiger partial charge in [0.1, 0.15) is 0 Å². The van der Waals surface area contributed by atoms with Crippen LogP contribution in [-0.2, 0) is 13.5 Å². The van der Waals surface area contributed by atoms with E-state index < -0.39 is 0 Å². The quantitative estimate of drug-likeness (QED) is 0.640. The number of nitrogens with zero attached hydrogens (tertiary/aromatic N) is 4. The first-order valence-corrected chi connectivity index (χ1v) is 6.80. The largest absolute Gasteiger partial charge is 0.357 e. The molecule has 1 aromatic heterocycles. The Bertz CT molecular complexity index is 390. The first-order valence-electron chi connectivity index (χ1n) is 6.80. The fourth-order valence-electron chi connectivity index (χ4n) is 2.25. The number of aliphatic imine (C=N–C) groups is 1. The third kappa shape index (κ3) is 3.48. The first kappa shape index (κ1) is 12.9. The lowest BCUT2D eigenvalue weighted by Crippen LogP contribution is -2.39. The molecule has 0 aliphatic carbocycles. The van der Waals surface area contributed by atoms with Gasteiger partial charge in [-0.2, -0.15) is 5.10 Å². The van der Waals surface area contributed by atoms with Crippen LogP contribution in [0, 0.1) is 0 Å². The van der Waals surface area contributed by atoms with Gasteiger partial charge in [0, 0.05) is 39.4 Å². The Morgan fingerprint density at radius 2 is 2.22 bits per heavy atom. The predicted molar refractivity (Wildman–Crippen MR) is 73.7 cm³/mol. The van der Waals surface area contributed by atoms with Crippen LogP contribution in [0.5, 0.6) is 0 Å². The Balaban J connectivity index is 1.87. The SMILES string of the molecule is CCNC(=NCCc1cnn(C)c1)N1CCCC1. The third-order valence-corrected chi connectivity index (χ3v) is 3.16. The maximum absolute atomic E-state index is 4.69. The minimum absolute atomic E-state index is 0.824. The molecule has 18 heavy (non-hydrogen) atoms. The summed E-state index contributed by atoms with van der Waals surface area (Å²) in [7, 11) is 1.95. The van der Waals surface area contributed by atoms with Crippen LogP contribution in [0.25, 0.3) is 0 Å². The summed E-state index contributed by atoms with van der Waals surface area (Å²) >= 11 is 0. The lowest BCUT2D eigenvalue weighted by atomic mass is 10.3. The van der Waals surface area contributed by atoms with E-state index in [0.717, 1.165) is 38.6 Å². The number of hydrogen-bond donors (Lipinski definition) is 1. The monoisotopic (exact) mass is 249 g/mol. The Labute approximate surface area is 109 Å². The van der Waals surface area contributed by atoms with Crippen LogP contribution in [0.2, 0.25) is 0 Å². The molecular weight excluding hydrogens is 226 g/mol. The average Bonchev–Trinajstić information content (AvgIpc) is 2.99. The molecule has 2 rings (SSSR count). The fourth-order valence-corrected chi connectivity index (χ4v) is 2.25. The number of rotatable bonds is 4. The van der Waals surface area contributed by atoms with Gasteiger partial charge in [-0.25, -0.2) is 0 Å². The molecule has 0 radical (unpaired) electrons. The van der Waals surface area contributed by atoms with Crippen LogP contribution in [0.4, 0.5) is 0 Å². The van der Waals surface area contributed by atoms with E-state index in [2.05, 4.69) is 28.4 Å². The summed E-state index contributed by atoms with van der Waals surface area (Å²) in [6, 6.07) is 0. The standard InChI is InChI=1S/C13H23N5/c1-3-14-13(18-8-4-5-9-18)15-7-6-12-10-16-17(2)11-12/h10-11H,3-9H2,1-2H3,(H,14,15). The molecule has 0 amide bonds. The van der Waals surface area contributed by atoms with E-state index in [-0.39, 0.29) is 0 Å². The van der Waals surface area contributed by atoms with E-state index in [0.29, 0.717) is 0 Å². The van der Waals surface area contributed by atoms with E-state index >= 15 is 0 Å². The molecular formula is C13H23N5. The van der Waals surface area contributed by atoms with Gasteiger partial charge >= 0.3 is 0 Å². The van der Waals surface area contributed by atoms with Crippen molar-refractivity contribution in [3.05, 3.63) is 18.0 Å². The van der Waals surface area contributed by atoms with Crippen LogP contribution in [-0.4, -0.2) is 46.8 Å². The second kappa shape index (κ2) is 6.42. The fraction of sp³-hybridized carbons (Fsp3) is 0.692. The van der Waals surface area contributed by atoms with Crippen molar-refractivity contribution in [2.45, 2.75) is 26.2 Å². The summed E-state index contributed by atoms with van der Waals surface area (Å²) in [5, 5.41) is 7.54. The summed E-state index contributed by atoms with van der Waals surface area (Å²) < 4.78 is 1.84. The molecule has 0 atom stereocenters. The molecule has 0 saturated carbocycles. The summed E-state index contributed by atoms with van der Waals surface area (Å²) in [6.07, 6.45) is 7.49. The van der Waals surface area contributed by atoms with E-state index in [1.807, 2.05) is 17.9 Å². The van der Waals surface area contributed by atoms with Crippen LogP contribution in [0.1, 0.15) is 25.3 Å². The van der Waals surface area contributed by atoms with Crippen molar-refractivity contribution in [2.24, 2.45) is 12.0 Å². The smallest absolute Gasteiger partial charge is 0.193 e. The summed E-state index contributed by atoms with van der Waals surface area (Å²) in [5.41, 5.74) is 1.25. The molecule has 1 aromatic rings. The van der Waals surface area contributed by atoms with Crippen molar-refractivity contribution in [1.29, 1.82) is 0 Å². The maximum atomic E-state index is 4.69. The van der Waals surface area contributed by atoms with Gasteiger partial charge in [-0.05, 0) is 31.7 Å². The molecule has 2 heterocycles. The lowest BCUT2D eigenvalue weighted by molar-refractivity contribution is 0.494. The van der Waals surface area contributed by atoms with Crippen LogP contribution < -0.4 is 5.32 Å². The van der Waals surface area contributed by atoms with Gasteiger partial charge in [-0.1, -0.05) is 0 Å². The summed E-state index contributed by atoms with van der Waals surface area (Å²) in [4.78, 5) is 7.05. The molecule has 0 bridgehead atoms. The van der Waals surface area contributed by atoms with Gasteiger partial charge < -0.3 is 10.2 Å². The second-order valence-electron chi connectivity index (χ2n) is 4.70. The first-order chi connectivity index (χ1) is 8.79. The second-order valence-corrected chi connectivity index (χ2v) is 4.70. The molecule has 0 unspecified atom stereocenters. The molecule has 1 aliphatic heterocycles. The van der Waals surface area contributed by atoms with Gasteiger partial charge in [0.15, 0.2) is 5.96 Å².